The van der Waals surface area contributed by atoms with Gasteiger partial charge in [0, 0.05) is 92.8 Å². The number of alkyl halides is 3. The molecule has 1 saturated carbocycles. The van der Waals surface area contributed by atoms with Crippen LogP contribution in [0, 0.1) is 11.3 Å². The molecule has 76 heavy (non-hydrogen) atoms. The number of likely N-dealkylation sites (tertiary alicyclic amines) is 1. The predicted molar refractivity (Wildman–Crippen MR) is 276 cm³/mol. The van der Waals surface area contributed by atoms with Crippen molar-refractivity contribution in [3.63, 3.8) is 0 Å². The number of carbonyl (C=O) groups is 5. The lowest BCUT2D eigenvalue weighted by atomic mass is 9.84. The van der Waals surface area contributed by atoms with E-state index in [9.17, 15) is 32.3 Å². The van der Waals surface area contributed by atoms with Gasteiger partial charge in [0.15, 0.2) is 0 Å². The highest BCUT2D eigenvalue weighted by Crippen LogP contribution is 2.44. The number of carbonyl (C=O) groups excluding carboxylic acids is 5. The fraction of sp³-hybridized carbons (Fsp3) is 0.611. The Hall–Kier alpha value is -5.52. The van der Waals surface area contributed by atoms with Crippen LogP contribution in [0.5, 0.6) is 0 Å². The van der Waals surface area contributed by atoms with E-state index in [1.165, 1.54) is 32.9 Å². The fourth-order valence-corrected chi connectivity index (χ4v) is 12.9. The maximum absolute atomic E-state index is 15.1. The average molecular weight is 1080 g/mol. The first-order chi connectivity index (χ1) is 36.2. The number of nitrogens with zero attached hydrogens (tertiary/aromatic N) is 8. The molecule has 4 saturated heterocycles. The molecule has 5 aliphatic heterocycles. The number of esters is 1. The van der Waals surface area contributed by atoms with Gasteiger partial charge in [-0.3, -0.25) is 43.8 Å². The molecule has 6 aliphatic rings. The molecule has 1 aromatic carbocycles. The summed E-state index contributed by atoms with van der Waals surface area (Å²) in [6.07, 6.45) is 1.17. The Balaban J connectivity index is 0.965. The Kier molecular flexibility index (Phi) is 15.1. The maximum atomic E-state index is 15.1. The van der Waals surface area contributed by atoms with Crippen molar-refractivity contribution >= 4 is 51.8 Å². The van der Waals surface area contributed by atoms with E-state index in [1.807, 2.05) is 30.2 Å². The predicted octanol–water partition coefficient (Wildman–Crippen LogP) is 4.99. The number of hydrogen-bond donors (Lipinski definition) is 2. The van der Waals surface area contributed by atoms with E-state index < -0.39 is 59.8 Å². The van der Waals surface area contributed by atoms with E-state index in [-0.39, 0.29) is 62.2 Å². The van der Waals surface area contributed by atoms with E-state index in [2.05, 4.69) is 20.6 Å². The monoisotopic (exact) mass is 1070 g/mol. The van der Waals surface area contributed by atoms with Crippen LogP contribution in [0.2, 0.25) is 0 Å². The first-order valence-electron chi connectivity index (χ1n) is 26.5. The number of likely N-dealkylation sites (N-methyl/N-ethyl adjacent to an activating group) is 1. The number of halogens is 3. The van der Waals surface area contributed by atoms with Crippen molar-refractivity contribution in [1.29, 1.82) is 0 Å². The molecule has 3 aromatic heterocycles. The second-order valence-electron chi connectivity index (χ2n) is 22.6. The standard InChI is InChI=1S/C54H69F3N10O8S/c1-32(73-6)45-35(13-9-17-58-45)47-37-23-52(2,3)31-74-51(72)38-14-10-18-67(61-38)49(70)39(22-43-59-40(26-76-43)34-15-16-41(36(37)21-34)66(47)30-54(55,56)57)60-48(69)46(33-11-7-8-12-33)63-19-20-75-53(27-63)28-65(29-53)50(71)42-24-64(42)25-44(68)62(4)5/h9,13,15-17,21,26,32-33,38-39,42,46,61H,7-8,10-12,14,18-20,22-25,27-31H2,1-6H3,(H,60,69)/t32-,38-,39-,42+,46?,64?/m0/s1. The summed E-state index contributed by atoms with van der Waals surface area (Å²) in [4.78, 5) is 86.8. The molecule has 8 heterocycles. The molecule has 2 unspecified atom stereocenters. The number of thiazole rings is 1. The van der Waals surface area contributed by atoms with Gasteiger partial charge < -0.3 is 33.9 Å². The summed E-state index contributed by atoms with van der Waals surface area (Å²) in [5.74, 6) is -1.38. The highest BCUT2D eigenvalue weighted by molar-refractivity contribution is 7.10. The quantitative estimate of drug-likeness (QED) is 0.152. The van der Waals surface area contributed by atoms with Crippen LogP contribution in [0.15, 0.2) is 41.9 Å². The van der Waals surface area contributed by atoms with Gasteiger partial charge in [0.05, 0.1) is 67.1 Å². The summed E-state index contributed by atoms with van der Waals surface area (Å²) in [6.45, 7) is 7.26. The normalized spacial score (nSPS) is 24.9. The van der Waals surface area contributed by atoms with Gasteiger partial charge in [0.2, 0.25) is 17.7 Å². The molecule has 0 radical (unpaired) electrons. The number of hydrogen-bond acceptors (Lipinski definition) is 14. The molecule has 4 amide bonds. The molecule has 2 N–H and O–H groups in total. The minimum Gasteiger partial charge on any atom is -0.464 e. The minimum absolute atomic E-state index is 0.0129. The number of benzene rings is 1. The largest absolute Gasteiger partial charge is 0.464 e. The number of rotatable bonds is 11. The molecular weight excluding hydrogens is 1010 g/mol. The fourth-order valence-electron chi connectivity index (χ4n) is 12.0. The summed E-state index contributed by atoms with van der Waals surface area (Å²) in [5.41, 5.74) is 5.16. The molecule has 1 spiro atoms. The van der Waals surface area contributed by atoms with Gasteiger partial charge in [-0.1, -0.05) is 32.8 Å². The van der Waals surface area contributed by atoms with Gasteiger partial charge >= 0.3 is 12.1 Å². The van der Waals surface area contributed by atoms with Crippen molar-refractivity contribution in [2.45, 2.75) is 121 Å². The number of ether oxygens (including phenoxy) is 3. The number of hydrazine groups is 1. The molecular formula is C54H69F3N10O8S. The van der Waals surface area contributed by atoms with Crippen molar-refractivity contribution in [2.24, 2.45) is 11.3 Å². The number of cyclic esters (lactones) is 1. The number of amides is 4. The van der Waals surface area contributed by atoms with E-state index >= 15 is 4.79 Å². The Labute approximate surface area is 444 Å². The smallest absolute Gasteiger partial charge is 0.406 e. The summed E-state index contributed by atoms with van der Waals surface area (Å²) >= 11 is 1.32. The van der Waals surface area contributed by atoms with Crippen LogP contribution in [-0.2, 0) is 57.6 Å². The number of aromatic nitrogens is 3. The van der Waals surface area contributed by atoms with E-state index in [4.69, 9.17) is 19.2 Å². The summed E-state index contributed by atoms with van der Waals surface area (Å²) in [6, 6.07) is 5.85. The van der Waals surface area contributed by atoms with Gasteiger partial charge in [-0.05, 0) is 74.8 Å². The molecule has 10 rings (SSSR count). The minimum atomic E-state index is -4.59. The van der Waals surface area contributed by atoms with Crippen LogP contribution in [0.3, 0.4) is 0 Å². The summed E-state index contributed by atoms with van der Waals surface area (Å²) in [5, 5.41) is 7.59. The third-order valence-electron chi connectivity index (χ3n) is 16.1. The number of nitrogens with one attached hydrogen (secondary N) is 2. The highest BCUT2D eigenvalue weighted by Gasteiger charge is 2.55. The van der Waals surface area contributed by atoms with Crippen LogP contribution in [0.1, 0.15) is 81.7 Å². The summed E-state index contributed by atoms with van der Waals surface area (Å²) in [7, 11) is 4.91. The van der Waals surface area contributed by atoms with Gasteiger partial charge in [0.25, 0.3) is 5.91 Å². The third kappa shape index (κ3) is 11.3. The zero-order valence-corrected chi connectivity index (χ0v) is 44.9. The number of morpholine rings is 1. The molecule has 410 valence electrons. The zero-order valence-electron chi connectivity index (χ0n) is 44.1. The number of pyridine rings is 1. The molecule has 22 heteroatoms. The molecule has 18 nitrogen and oxygen atoms in total. The Morgan fingerprint density at radius 2 is 1.83 bits per heavy atom. The average Bonchev–Trinajstić information content (AvgIpc) is 3.64. The van der Waals surface area contributed by atoms with Gasteiger partial charge in [0.1, 0.15) is 30.3 Å². The Morgan fingerprint density at radius 1 is 1.05 bits per heavy atom. The van der Waals surface area contributed by atoms with Gasteiger partial charge in [-0.2, -0.15) is 13.2 Å². The van der Waals surface area contributed by atoms with Crippen molar-refractivity contribution in [3.05, 3.63) is 58.2 Å². The van der Waals surface area contributed by atoms with Crippen molar-refractivity contribution in [2.75, 3.05) is 80.2 Å². The lowest BCUT2D eigenvalue weighted by molar-refractivity contribution is -0.198. The van der Waals surface area contributed by atoms with Crippen LogP contribution >= 0.6 is 11.3 Å². The van der Waals surface area contributed by atoms with Crippen LogP contribution in [0.25, 0.3) is 33.4 Å². The van der Waals surface area contributed by atoms with E-state index in [1.54, 1.807) is 56.4 Å². The van der Waals surface area contributed by atoms with Gasteiger partial charge in [-0.25, -0.2) is 10.4 Å². The number of fused-ring (bicyclic) bond motifs is 6. The van der Waals surface area contributed by atoms with Crippen molar-refractivity contribution in [3.8, 4) is 22.5 Å². The Morgan fingerprint density at radius 3 is 2.57 bits per heavy atom. The lowest BCUT2D eigenvalue weighted by Gasteiger charge is -2.55. The Bertz CT molecular complexity index is 2860. The van der Waals surface area contributed by atoms with E-state index in [0.29, 0.717) is 102 Å². The molecule has 6 bridgehead atoms. The van der Waals surface area contributed by atoms with Crippen LogP contribution in [0.4, 0.5) is 13.2 Å². The van der Waals surface area contributed by atoms with Crippen LogP contribution in [-0.4, -0.2) is 185 Å². The second kappa shape index (κ2) is 21.4. The SMILES string of the molecule is CO[C@@H](C)c1ncccc1-c1c2c3cc(ccc3n1CC(F)(F)F)-c1csc(n1)C[C@H](NC(=O)C(C1CCCC1)N1CCOC3(CN(C(=O)[C@H]4CN4CC(=O)N(C)C)C3)C1)C(=O)N1CCC[C@H](N1)C(=O)OCC(C)(C)C2. The molecule has 5 fully saturated rings. The second-order valence-corrected chi connectivity index (χ2v) is 23.6. The molecule has 6 atom stereocenters. The highest BCUT2D eigenvalue weighted by atomic mass is 32.1. The summed E-state index contributed by atoms with van der Waals surface area (Å²) < 4.78 is 63.7. The maximum Gasteiger partial charge on any atom is 0.406 e. The first-order valence-corrected chi connectivity index (χ1v) is 27.4. The van der Waals surface area contributed by atoms with Crippen molar-refractivity contribution in [1.82, 2.24) is 49.9 Å². The topological polar surface area (TPSA) is 184 Å². The lowest BCUT2D eigenvalue weighted by Crippen LogP contribution is -2.73. The zero-order chi connectivity index (χ0) is 53.8. The van der Waals surface area contributed by atoms with Gasteiger partial charge in [-0.15, -0.1) is 11.3 Å². The molecule has 4 aromatic rings. The van der Waals surface area contributed by atoms with E-state index in [0.717, 1.165) is 25.7 Å². The number of methoxy groups -OCH3 is 1. The van der Waals surface area contributed by atoms with Crippen molar-refractivity contribution < 1.29 is 51.4 Å². The van der Waals surface area contributed by atoms with Crippen LogP contribution < -0.4 is 10.7 Å². The third-order valence-corrected chi connectivity index (χ3v) is 16.9. The molecule has 1 aliphatic carbocycles. The first kappa shape index (κ1) is 53.9.